The van der Waals surface area contributed by atoms with E-state index in [1.165, 1.54) is 6.33 Å². The van der Waals surface area contributed by atoms with Crippen LogP contribution < -0.4 is 5.73 Å². The summed E-state index contributed by atoms with van der Waals surface area (Å²) in [5.74, 6) is 1.45. The molecular weight excluding hydrogens is 268 g/mol. The number of hydrogen-bond acceptors (Lipinski definition) is 5. The number of aromatic nitrogens is 4. The first-order valence-corrected chi connectivity index (χ1v) is 7.27. The van der Waals surface area contributed by atoms with Gasteiger partial charge in [0.15, 0.2) is 11.5 Å². The lowest BCUT2D eigenvalue weighted by molar-refractivity contribution is 0.343. The van der Waals surface area contributed by atoms with E-state index < -0.39 is 0 Å². The predicted molar refractivity (Wildman–Crippen MR) is 77.2 cm³/mol. The van der Waals surface area contributed by atoms with Crippen LogP contribution in [0, 0.1) is 11.8 Å². The maximum atomic E-state index is 8.68. The van der Waals surface area contributed by atoms with Gasteiger partial charge in [-0.2, -0.15) is 0 Å². The summed E-state index contributed by atoms with van der Waals surface area (Å²) < 4.78 is 2.14. The van der Waals surface area contributed by atoms with Crippen molar-refractivity contribution in [1.82, 2.24) is 19.5 Å². The van der Waals surface area contributed by atoms with E-state index in [4.69, 9.17) is 11.3 Å². The number of anilines is 1. The minimum absolute atomic E-state index is 0.152. The van der Waals surface area contributed by atoms with Crippen molar-refractivity contribution in [3.8, 4) is 0 Å². The van der Waals surface area contributed by atoms with Gasteiger partial charge < -0.3 is 10.3 Å². The predicted octanol–water partition coefficient (Wildman–Crippen LogP) is 2.45. The number of nitrogen functional groups attached to an aromatic ring is 1. The van der Waals surface area contributed by atoms with Gasteiger partial charge >= 0.3 is 0 Å². The smallest absolute Gasteiger partial charge is 0.165 e. The van der Waals surface area contributed by atoms with Crippen LogP contribution in [0.5, 0.6) is 0 Å². The van der Waals surface area contributed by atoms with Crippen molar-refractivity contribution in [2.24, 2.45) is 17.0 Å². The first-order chi connectivity index (χ1) is 10.3. The number of rotatable bonds is 2. The molecule has 2 aliphatic rings. The molecule has 2 saturated carbocycles. The van der Waals surface area contributed by atoms with E-state index in [1.54, 1.807) is 0 Å². The molecule has 0 bridgehead atoms. The zero-order valence-electron chi connectivity index (χ0n) is 11.5. The highest BCUT2D eigenvalue weighted by molar-refractivity contribution is 5.81. The van der Waals surface area contributed by atoms with Gasteiger partial charge in [-0.1, -0.05) is 5.11 Å². The first kappa shape index (κ1) is 12.4. The molecule has 0 spiro atoms. The fourth-order valence-corrected chi connectivity index (χ4v) is 4.21. The Bertz CT molecular complexity index is 731. The Morgan fingerprint density at radius 3 is 2.90 bits per heavy atom. The van der Waals surface area contributed by atoms with Gasteiger partial charge in [-0.15, -0.1) is 0 Å². The van der Waals surface area contributed by atoms with Crippen molar-refractivity contribution >= 4 is 17.0 Å². The van der Waals surface area contributed by atoms with E-state index in [9.17, 15) is 0 Å². The molecule has 8 nitrogen and oxygen atoms in total. The fourth-order valence-electron chi connectivity index (χ4n) is 4.21. The lowest BCUT2D eigenvalue weighted by atomic mass is 9.96. The SMILES string of the molecule is [N-]=[N+]=NC1CCC2C1CCC2n1cnc2c(N)ncnc21. The monoisotopic (exact) mass is 284 g/mol. The lowest BCUT2D eigenvalue weighted by Crippen LogP contribution is -2.17. The third-order valence-electron chi connectivity index (χ3n) is 5.07. The molecule has 2 aromatic heterocycles. The maximum absolute atomic E-state index is 8.68. The Morgan fingerprint density at radius 2 is 2.05 bits per heavy atom. The molecule has 108 valence electrons. The average Bonchev–Trinajstić information content (AvgIpc) is 3.15. The molecule has 4 atom stereocenters. The van der Waals surface area contributed by atoms with E-state index >= 15 is 0 Å². The highest BCUT2D eigenvalue weighted by Crippen LogP contribution is 2.51. The zero-order chi connectivity index (χ0) is 14.4. The Morgan fingerprint density at radius 1 is 1.19 bits per heavy atom. The van der Waals surface area contributed by atoms with E-state index in [1.807, 2.05) is 6.33 Å². The summed E-state index contributed by atoms with van der Waals surface area (Å²) in [6.07, 6.45) is 7.56. The number of fused-ring (bicyclic) bond motifs is 2. The summed E-state index contributed by atoms with van der Waals surface area (Å²) >= 11 is 0. The number of hydrogen-bond donors (Lipinski definition) is 1. The number of nitrogens with zero attached hydrogens (tertiary/aromatic N) is 7. The van der Waals surface area contributed by atoms with Crippen LogP contribution in [0.1, 0.15) is 31.7 Å². The molecule has 2 fully saturated rings. The van der Waals surface area contributed by atoms with Gasteiger partial charge in [-0.25, -0.2) is 15.0 Å². The largest absolute Gasteiger partial charge is 0.382 e. The third kappa shape index (κ3) is 1.76. The van der Waals surface area contributed by atoms with Crippen LogP contribution in [0.2, 0.25) is 0 Å². The second kappa shape index (κ2) is 4.60. The Labute approximate surface area is 121 Å². The fraction of sp³-hybridized carbons (Fsp3) is 0.615. The van der Waals surface area contributed by atoms with Gasteiger partial charge in [0.05, 0.1) is 6.33 Å². The summed E-state index contributed by atoms with van der Waals surface area (Å²) in [4.78, 5) is 15.7. The number of azide groups is 1. The van der Waals surface area contributed by atoms with Crippen molar-refractivity contribution < 1.29 is 0 Å². The van der Waals surface area contributed by atoms with E-state index in [0.29, 0.717) is 29.2 Å². The molecule has 2 aromatic rings. The van der Waals surface area contributed by atoms with Crippen LogP contribution in [0.25, 0.3) is 21.6 Å². The van der Waals surface area contributed by atoms with Crippen LogP contribution in [-0.4, -0.2) is 25.6 Å². The normalized spacial score (nSPS) is 31.2. The molecule has 21 heavy (non-hydrogen) atoms. The summed E-state index contributed by atoms with van der Waals surface area (Å²) in [6.45, 7) is 0. The molecule has 4 unspecified atom stereocenters. The molecule has 2 heterocycles. The number of nitrogens with two attached hydrogens (primary N) is 1. The summed E-state index contributed by atoms with van der Waals surface area (Å²) in [6, 6.07) is 0.521. The molecule has 0 saturated heterocycles. The van der Waals surface area contributed by atoms with Crippen LogP contribution in [0.3, 0.4) is 0 Å². The molecule has 0 aliphatic heterocycles. The minimum Gasteiger partial charge on any atom is -0.382 e. The zero-order valence-corrected chi connectivity index (χ0v) is 11.5. The molecular formula is C13H16N8. The molecule has 0 radical (unpaired) electrons. The van der Waals surface area contributed by atoms with Crippen LogP contribution in [0.15, 0.2) is 17.8 Å². The van der Waals surface area contributed by atoms with Gasteiger partial charge in [0.2, 0.25) is 0 Å². The van der Waals surface area contributed by atoms with Crippen molar-refractivity contribution in [2.75, 3.05) is 5.73 Å². The van der Waals surface area contributed by atoms with Crippen LogP contribution in [-0.2, 0) is 0 Å². The second-order valence-corrected chi connectivity index (χ2v) is 5.90. The van der Waals surface area contributed by atoms with E-state index in [-0.39, 0.29) is 6.04 Å². The lowest BCUT2D eigenvalue weighted by Gasteiger charge is -2.20. The maximum Gasteiger partial charge on any atom is 0.165 e. The van der Waals surface area contributed by atoms with Gasteiger partial charge in [-0.3, -0.25) is 0 Å². The summed E-state index contributed by atoms with van der Waals surface area (Å²) in [5.41, 5.74) is 16.0. The van der Waals surface area contributed by atoms with Gasteiger partial charge in [-0.05, 0) is 43.1 Å². The minimum atomic E-state index is 0.152. The molecule has 0 amide bonds. The molecule has 4 rings (SSSR count). The summed E-state index contributed by atoms with van der Waals surface area (Å²) in [7, 11) is 0. The highest BCUT2D eigenvalue weighted by Gasteiger charge is 2.45. The standard InChI is InChI=1S/C13H16N8/c14-12-11-13(17-5-16-12)21(6-18-11)10-4-2-7-8(10)1-3-9(7)19-20-15/h5-10H,1-4H2,(H2,14,16,17). The molecule has 0 aromatic carbocycles. The van der Waals surface area contributed by atoms with Crippen molar-refractivity contribution in [3.05, 3.63) is 23.1 Å². The van der Waals surface area contributed by atoms with Crippen LogP contribution in [0.4, 0.5) is 5.82 Å². The Hall–Kier alpha value is -2.34. The Balaban J connectivity index is 1.71. The van der Waals surface area contributed by atoms with E-state index in [0.717, 1.165) is 31.3 Å². The van der Waals surface area contributed by atoms with Crippen LogP contribution >= 0.6 is 0 Å². The van der Waals surface area contributed by atoms with E-state index in [2.05, 4.69) is 29.5 Å². The van der Waals surface area contributed by atoms with Gasteiger partial charge in [0.25, 0.3) is 0 Å². The van der Waals surface area contributed by atoms with Crippen molar-refractivity contribution in [3.63, 3.8) is 0 Å². The van der Waals surface area contributed by atoms with Crippen molar-refractivity contribution in [1.29, 1.82) is 0 Å². The average molecular weight is 284 g/mol. The Kier molecular flexibility index (Phi) is 2.71. The summed E-state index contributed by atoms with van der Waals surface area (Å²) in [5, 5.41) is 3.97. The second-order valence-electron chi connectivity index (χ2n) is 5.90. The highest BCUT2D eigenvalue weighted by atomic mass is 15.2. The molecule has 8 heteroatoms. The quantitative estimate of drug-likeness (QED) is 0.517. The first-order valence-electron chi connectivity index (χ1n) is 7.27. The van der Waals surface area contributed by atoms with Gasteiger partial charge in [0, 0.05) is 17.0 Å². The topological polar surface area (TPSA) is 118 Å². The third-order valence-corrected chi connectivity index (χ3v) is 5.07. The molecule has 2 N–H and O–H groups in total. The number of imidazole rings is 1. The molecule has 2 aliphatic carbocycles. The van der Waals surface area contributed by atoms with Crippen molar-refractivity contribution in [2.45, 2.75) is 37.8 Å². The van der Waals surface area contributed by atoms with Gasteiger partial charge in [0.1, 0.15) is 11.8 Å².